The van der Waals surface area contributed by atoms with Crippen molar-refractivity contribution in [2.45, 2.75) is 31.4 Å². The van der Waals surface area contributed by atoms with Crippen LogP contribution < -0.4 is 10.1 Å². The molecule has 4 nitrogen and oxygen atoms in total. The number of nitriles is 1. The number of nitrogens with zero attached hydrogens (tertiary/aromatic N) is 1. The third kappa shape index (κ3) is 3.22. The lowest BCUT2D eigenvalue weighted by atomic mass is 10.0. The largest absolute Gasteiger partial charge is 0.493 e. The van der Waals surface area contributed by atoms with Gasteiger partial charge in [0.2, 0.25) is 0 Å². The number of benzene rings is 1. The second-order valence-electron chi connectivity index (χ2n) is 4.47. The molecule has 2 atom stereocenters. The number of hydrogen-bond donors (Lipinski definition) is 2. The van der Waals surface area contributed by atoms with Gasteiger partial charge in [0.1, 0.15) is 12.4 Å². The van der Waals surface area contributed by atoms with Crippen LogP contribution in [0.2, 0.25) is 0 Å². The molecule has 1 fully saturated rings. The van der Waals surface area contributed by atoms with E-state index in [0.29, 0.717) is 13.0 Å². The lowest BCUT2D eigenvalue weighted by Crippen LogP contribution is -2.28. The lowest BCUT2D eigenvalue weighted by molar-refractivity contribution is 0.137. The van der Waals surface area contributed by atoms with E-state index in [9.17, 15) is 5.11 Å². The predicted octanol–water partition coefficient (Wildman–Crippen LogP) is 1.76. The summed E-state index contributed by atoms with van der Waals surface area (Å²) in [6, 6.07) is 9.63. The maximum Gasteiger partial charge on any atom is 0.119 e. The van der Waals surface area contributed by atoms with Gasteiger partial charge in [-0.25, -0.2) is 0 Å². The van der Waals surface area contributed by atoms with Crippen LogP contribution in [0, 0.1) is 11.3 Å². The van der Waals surface area contributed by atoms with Gasteiger partial charge in [0.15, 0.2) is 0 Å². The van der Waals surface area contributed by atoms with E-state index in [4.69, 9.17) is 10.00 Å². The van der Waals surface area contributed by atoms with Crippen molar-refractivity contribution in [3.8, 4) is 11.8 Å². The summed E-state index contributed by atoms with van der Waals surface area (Å²) < 4.78 is 5.39. The van der Waals surface area contributed by atoms with Gasteiger partial charge in [0.05, 0.1) is 18.6 Å². The minimum absolute atomic E-state index is 0.162. The van der Waals surface area contributed by atoms with Crippen LogP contribution in [0.15, 0.2) is 24.3 Å². The smallest absolute Gasteiger partial charge is 0.119 e. The molecule has 1 heterocycles. The Bertz CT molecular complexity index is 405. The fourth-order valence-corrected chi connectivity index (χ4v) is 2.19. The van der Waals surface area contributed by atoms with Gasteiger partial charge in [-0.1, -0.05) is 12.1 Å². The number of nitrogens with one attached hydrogen (secondary N) is 1. The van der Waals surface area contributed by atoms with Gasteiger partial charge < -0.3 is 15.2 Å². The first-order valence-corrected chi connectivity index (χ1v) is 6.32. The molecule has 0 bridgehead atoms. The minimum atomic E-state index is -0.458. The molecule has 1 saturated heterocycles. The Morgan fingerprint density at radius 2 is 2.22 bits per heavy atom. The van der Waals surface area contributed by atoms with Crippen LogP contribution in [-0.2, 0) is 0 Å². The summed E-state index contributed by atoms with van der Waals surface area (Å²) in [7, 11) is 0. The second kappa shape index (κ2) is 6.39. The summed E-state index contributed by atoms with van der Waals surface area (Å²) in [5, 5.41) is 21.9. The van der Waals surface area contributed by atoms with Crippen molar-refractivity contribution in [3.05, 3.63) is 29.8 Å². The van der Waals surface area contributed by atoms with E-state index in [-0.39, 0.29) is 6.04 Å². The van der Waals surface area contributed by atoms with E-state index < -0.39 is 6.10 Å². The van der Waals surface area contributed by atoms with Crippen LogP contribution in [0.4, 0.5) is 0 Å². The lowest BCUT2D eigenvalue weighted by Gasteiger charge is -2.18. The van der Waals surface area contributed by atoms with E-state index in [1.54, 1.807) is 0 Å². The zero-order valence-electron chi connectivity index (χ0n) is 10.3. The first-order chi connectivity index (χ1) is 8.81. The molecule has 0 radical (unpaired) electrons. The van der Waals surface area contributed by atoms with E-state index in [1.165, 1.54) is 0 Å². The molecule has 0 spiro atoms. The van der Waals surface area contributed by atoms with Crippen molar-refractivity contribution in [3.63, 3.8) is 0 Å². The Balaban J connectivity index is 1.92. The number of aliphatic hydroxyl groups is 1. The monoisotopic (exact) mass is 246 g/mol. The van der Waals surface area contributed by atoms with Crippen molar-refractivity contribution in [1.29, 1.82) is 5.26 Å². The van der Waals surface area contributed by atoms with Crippen molar-refractivity contribution >= 4 is 0 Å². The topological polar surface area (TPSA) is 65.3 Å². The fraction of sp³-hybridized carbons (Fsp3) is 0.500. The average molecular weight is 246 g/mol. The van der Waals surface area contributed by atoms with Gasteiger partial charge in [0, 0.05) is 6.04 Å². The van der Waals surface area contributed by atoms with Crippen LogP contribution >= 0.6 is 0 Å². The van der Waals surface area contributed by atoms with Crippen LogP contribution in [-0.4, -0.2) is 24.3 Å². The van der Waals surface area contributed by atoms with Crippen LogP contribution in [0.3, 0.4) is 0 Å². The molecule has 1 aromatic carbocycles. The molecule has 4 heteroatoms. The Hall–Kier alpha value is -1.57. The third-order valence-corrected chi connectivity index (χ3v) is 3.18. The zero-order chi connectivity index (χ0) is 12.8. The highest BCUT2D eigenvalue weighted by Crippen LogP contribution is 2.24. The van der Waals surface area contributed by atoms with Crippen LogP contribution in [0.5, 0.6) is 5.75 Å². The molecule has 1 aliphatic rings. The van der Waals surface area contributed by atoms with Gasteiger partial charge in [-0.15, -0.1) is 0 Å². The average Bonchev–Trinajstić information content (AvgIpc) is 2.93. The molecule has 0 aromatic heterocycles. The molecule has 0 saturated carbocycles. The molecule has 1 aliphatic heterocycles. The first kappa shape index (κ1) is 12.9. The Kier molecular flexibility index (Phi) is 4.57. The van der Waals surface area contributed by atoms with Crippen molar-refractivity contribution in [1.82, 2.24) is 5.32 Å². The highest BCUT2D eigenvalue weighted by atomic mass is 16.5. The summed E-state index contributed by atoms with van der Waals surface area (Å²) in [5.41, 5.74) is 0.905. The maximum absolute atomic E-state index is 10.2. The second-order valence-corrected chi connectivity index (χ2v) is 4.47. The Labute approximate surface area is 107 Å². The Morgan fingerprint density at radius 3 is 2.83 bits per heavy atom. The Morgan fingerprint density at radius 1 is 1.44 bits per heavy atom. The molecule has 1 aromatic rings. The standard InChI is InChI=1S/C14H18N2O2/c15-8-2-10-18-12-6-4-11(5-7-12)14(17)13-3-1-9-16-13/h4-7,13-14,16-17H,1-3,9-10H2. The molecule has 2 unspecified atom stereocenters. The van der Waals surface area contributed by atoms with E-state index in [0.717, 1.165) is 30.7 Å². The number of hydrogen-bond acceptors (Lipinski definition) is 4. The van der Waals surface area contributed by atoms with Gasteiger partial charge in [-0.2, -0.15) is 5.26 Å². The highest BCUT2D eigenvalue weighted by Gasteiger charge is 2.23. The van der Waals surface area contributed by atoms with Crippen molar-refractivity contribution in [2.24, 2.45) is 0 Å². The van der Waals surface area contributed by atoms with Gasteiger partial charge in [0.25, 0.3) is 0 Å². The number of aliphatic hydroxyl groups excluding tert-OH is 1. The summed E-state index contributed by atoms with van der Waals surface area (Å²) in [5.74, 6) is 0.737. The minimum Gasteiger partial charge on any atom is -0.493 e. The quantitative estimate of drug-likeness (QED) is 0.777. The third-order valence-electron chi connectivity index (χ3n) is 3.18. The zero-order valence-corrected chi connectivity index (χ0v) is 10.3. The first-order valence-electron chi connectivity index (χ1n) is 6.32. The summed E-state index contributed by atoms with van der Waals surface area (Å²) >= 11 is 0. The number of rotatable bonds is 5. The molecular formula is C14H18N2O2. The summed E-state index contributed by atoms with van der Waals surface area (Å²) in [6.07, 6.45) is 2.07. The van der Waals surface area contributed by atoms with Gasteiger partial charge in [-0.05, 0) is 37.1 Å². The fourth-order valence-electron chi connectivity index (χ4n) is 2.19. The molecule has 2 N–H and O–H groups in total. The molecule has 0 aliphatic carbocycles. The van der Waals surface area contributed by atoms with Crippen LogP contribution in [0.1, 0.15) is 30.9 Å². The normalized spacial score (nSPS) is 20.3. The molecule has 96 valence electrons. The van der Waals surface area contributed by atoms with Crippen molar-refractivity contribution in [2.75, 3.05) is 13.2 Å². The van der Waals surface area contributed by atoms with Crippen LogP contribution in [0.25, 0.3) is 0 Å². The summed E-state index contributed by atoms with van der Waals surface area (Å²) in [6.45, 7) is 1.39. The maximum atomic E-state index is 10.2. The molecule has 2 rings (SSSR count). The summed E-state index contributed by atoms with van der Waals surface area (Å²) in [4.78, 5) is 0. The predicted molar refractivity (Wildman–Crippen MR) is 68.2 cm³/mol. The SMILES string of the molecule is N#CCCOc1ccc(C(O)C2CCCN2)cc1. The molecular weight excluding hydrogens is 228 g/mol. The molecule has 0 amide bonds. The van der Waals surface area contributed by atoms with E-state index in [1.807, 2.05) is 30.3 Å². The van der Waals surface area contributed by atoms with Gasteiger partial charge >= 0.3 is 0 Å². The van der Waals surface area contributed by atoms with E-state index in [2.05, 4.69) is 5.32 Å². The van der Waals surface area contributed by atoms with E-state index >= 15 is 0 Å². The number of ether oxygens (including phenoxy) is 1. The highest BCUT2D eigenvalue weighted by molar-refractivity contribution is 5.29. The molecule has 18 heavy (non-hydrogen) atoms. The van der Waals surface area contributed by atoms with Crippen molar-refractivity contribution < 1.29 is 9.84 Å². The van der Waals surface area contributed by atoms with Gasteiger partial charge in [-0.3, -0.25) is 0 Å².